The third-order valence-electron chi connectivity index (χ3n) is 3.85. The molecule has 0 aromatic carbocycles. The molecule has 1 aromatic rings. The number of nitrogens with two attached hydrogens (primary N) is 1. The predicted octanol–water partition coefficient (Wildman–Crippen LogP) is 1.16. The van der Waals surface area contributed by atoms with Gasteiger partial charge in [0.15, 0.2) is 5.82 Å². The van der Waals surface area contributed by atoms with Crippen molar-refractivity contribution in [3.8, 4) is 0 Å². The van der Waals surface area contributed by atoms with Crippen LogP contribution >= 0.6 is 0 Å². The van der Waals surface area contributed by atoms with Crippen LogP contribution in [0.2, 0.25) is 0 Å². The zero-order valence-corrected chi connectivity index (χ0v) is 13.0. The molecule has 6 heteroatoms. The van der Waals surface area contributed by atoms with Gasteiger partial charge in [-0.15, -0.1) is 0 Å². The Morgan fingerprint density at radius 1 is 1.43 bits per heavy atom. The first-order valence-electron chi connectivity index (χ1n) is 7.77. The van der Waals surface area contributed by atoms with Gasteiger partial charge in [0, 0.05) is 38.1 Å². The Kier molecular flexibility index (Phi) is 5.76. The second-order valence-corrected chi connectivity index (χ2v) is 5.76. The molecule has 0 bridgehead atoms. The molecule has 21 heavy (non-hydrogen) atoms. The minimum Gasteiger partial charge on any atom is -0.378 e. The van der Waals surface area contributed by atoms with Crippen molar-refractivity contribution in [2.45, 2.75) is 45.3 Å². The van der Waals surface area contributed by atoms with E-state index in [0.717, 1.165) is 39.0 Å². The second kappa shape index (κ2) is 7.56. The van der Waals surface area contributed by atoms with Crippen LogP contribution < -0.4 is 16.2 Å². The molecule has 1 fully saturated rings. The number of hydrogen-bond acceptors (Lipinski definition) is 5. The molecule has 0 amide bonds. The third kappa shape index (κ3) is 4.04. The molecule has 6 nitrogen and oxygen atoms in total. The molecule has 1 aliphatic heterocycles. The van der Waals surface area contributed by atoms with Crippen LogP contribution in [0.1, 0.15) is 39.2 Å². The number of anilines is 1. The van der Waals surface area contributed by atoms with Gasteiger partial charge in [-0.2, -0.15) is 0 Å². The molecule has 0 atom stereocenters. The molecule has 1 aromatic heterocycles. The van der Waals surface area contributed by atoms with Gasteiger partial charge < -0.3 is 19.9 Å². The lowest BCUT2D eigenvalue weighted by molar-refractivity contribution is 0.0365. The van der Waals surface area contributed by atoms with E-state index in [1.165, 1.54) is 0 Å². The van der Waals surface area contributed by atoms with Crippen molar-refractivity contribution in [1.82, 2.24) is 9.55 Å². The molecule has 2 N–H and O–H groups in total. The number of rotatable bonds is 6. The summed E-state index contributed by atoms with van der Waals surface area (Å²) in [5, 5.41) is 0. The summed E-state index contributed by atoms with van der Waals surface area (Å²) in [6.45, 7) is 7.03. The Bertz CT molecular complexity index is 493. The number of hydrogen-bond donors (Lipinski definition) is 1. The van der Waals surface area contributed by atoms with Crippen molar-refractivity contribution >= 4 is 5.82 Å². The van der Waals surface area contributed by atoms with Gasteiger partial charge in [0.25, 0.3) is 5.56 Å². The monoisotopic (exact) mass is 294 g/mol. The van der Waals surface area contributed by atoms with Gasteiger partial charge in [0.1, 0.15) is 0 Å². The van der Waals surface area contributed by atoms with E-state index in [-0.39, 0.29) is 17.7 Å². The number of piperidine rings is 1. The van der Waals surface area contributed by atoms with Crippen LogP contribution in [-0.4, -0.2) is 41.9 Å². The first-order chi connectivity index (χ1) is 10.1. The highest BCUT2D eigenvalue weighted by Crippen LogP contribution is 2.17. The van der Waals surface area contributed by atoms with Gasteiger partial charge >= 0.3 is 0 Å². The Morgan fingerprint density at radius 2 is 2.14 bits per heavy atom. The average Bonchev–Trinajstić information content (AvgIpc) is 2.48. The molecular weight excluding hydrogens is 268 g/mol. The Balaban J connectivity index is 1.96. The maximum Gasteiger partial charge on any atom is 0.293 e. The van der Waals surface area contributed by atoms with E-state index < -0.39 is 0 Å². The van der Waals surface area contributed by atoms with Gasteiger partial charge in [-0.3, -0.25) is 4.79 Å². The van der Waals surface area contributed by atoms with Gasteiger partial charge in [-0.25, -0.2) is 4.98 Å². The minimum atomic E-state index is -0.00463. The van der Waals surface area contributed by atoms with E-state index in [4.69, 9.17) is 10.5 Å². The van der Waals surface area contributed by atoms with Crippen molar-refractivity contribution < 1.29 is 4.74 Å². The molecule has 1 aliphatic rings. The first kappa shape index (κ1) is 16.0. The van der Waals surface area contributed by atoms with E-state index in [0.29, 0.717) is 12.4 Å². The van der Waals surface area contributed by atoms with E-state index in [9.17, 15) is 4.79 Å². The quantitative estimate of drug-likeness (QED) is 0.797. The maximum atomic E-state index is 12.4. The SMILES string of the molecule is CC(C)n1ccnc(N2CCC(OCCCN)CC2)c1=O. The summed E-state index contributed by atoms with van der Waals surface area (Å²) in [5.41, 5.74) is 5.46. The average molecular weight is 294 g/mol. The highest BCUT2D eigenvalue weighted by molar-refractivity contribution is 5.36. The standard InChI is InChI=1S/C15H26N4O2/c1-12(2)19-10-7-17-14(15(19)20)18-8-4-13(5-9-18)21-11-3-6-16/h7,10,12-13H,3-6,8-9,11,16H2,1-2H3. The van der Waals surface area contributed by atoms with E-state index in [1.54, 1.807) is 17.0 Å². The summed E-state index contributed by atoms with van der Waals surface area (Å²) < 4.78 is 7.52. The van der Waals surface area contributed by atoms with E-state index >= 15 is 0 Å². The van der Waals surface area contributed by atoms with Crippen LogP contribution in [0.5, 0.6) is 0 Å². The summed E-state index contributed by atoms with van der Waals surface area (Å²) >= 11 is 0. The Morgan fingerprint density at radius 3 is 2.76 bits per heavy atom. The number of nitrogens with zero attached hydrogens (tertiary/aromatic N) is 3. The minimum absolute atomic E-state index is 0.00463. The van der Waals surface area contributed by atoms with Crippen molar-refractivity contribution in [2.75, 3.05) is 31.1 Å². The van der Waals surface area contributed by atoms with Crippen LogP contribution in [0.3, 0.4) is 0 Å². The van der Waals surface area contributed by atoms with E-state index in [1.807, 2.05) is 13.8 Å². The smallest absolute Gasteiger partial charge is 0.293 e. The highest BCUT2D eigenvalue weighted by Gasteiger charge is 2.23. The topological polar surface area (TPSA) is 73.4 Å². The molecule has 1 saturated heterocycles. The summed E-state index contributed by atoms with van der Waals surface area (Å²) in [4.78, 5) is 18.8. The van der Waals surface area contributed by atoms with Gasteiger partial charge in [-0.05, 0) is 39.7 Å². The van der Waals surface area contributed by atoms with Crippen molar-refractivity contribution in [1.29, 1.82) is 0 Å². The Labute approximate surface area is 125 Å². The Hall–Kier alpha value is -1.40. The van der Waals surface area contributed by atoms with Gasteiger partial charge in [-0.1, -0.05) is 0 Å². The first-order valence-corrected chi connectivity index (χ1v) is 7.77. The molecular formula is C15H26N4O2. The lowest BCUT2D eigenvalue weighted by Crippen LogP contribution is -2.41. The third-order valence-corrected chi connectivity index (χ3v) is 3.85. The largest absolute Gasteiger partial charge is 0.378 e. The zero-order chi connectivity index (χ0) is 15.2. The van der Waals surface area contributed by atoms with Gasteiger partial charge in [0.2, 0.25) is 0 Å². The molecule has 0 spiro atoms. The fourth-order valence-corrected chi connectivity index (χ4v) is 2.61. The fourth-order valence-electron chi connectivity index (χ4n) is 2.61. The van der Waals surface area contributed by atoms with Crippen LogP contribution in [0.15, 0.2) is 17.2 Å². The summed E-state index contributed by atoms with van der Waals surface area (Å²) in [6.07, 6.45) is 6.51. The molecule has 0 unspecified atom stereocenters. The lowest BCUT2D eigenvalue weighted by Gasteiger charge is -2.32. The summed E-state index contributed by atoms with van der Waals surface area (Å²) in [7, 11) is 0. The van der Waals surface area contributed by atoms with Crippen LogP contribution in [-0.2, 0) is 4.74 Å². The normalized spacial score (nSPS) is 16.7. The van der Waals surface area contributed by atoms with Crippen molar-refractivity contribution in [3.05, 3.63) is 22.7 Å². The molecule has 0 radical (unpaired) electrons. The number of aromatic nitrogens is 2. The fraction of sp³-hybridized carbons (Fsp3) is 0.733. The second-order valence-electron chi connectivity index (χ2n) is 5.76. The van der Waals surface area contributed by atoms with Crippen molar-refractivity contribution in [3.63, 3.8) is 0 Å². The zero-order valence-electron chi connectivity index (χ0n) is 13.0. The van der Waals surface area contributed by atoms with E-state index in [2.05, 4.69) is 9.88 Å². The number of ether oxygens (including phenoxy) is 1. The highest BCUT2D eigenvalue weighted by atomic mass is 16.5. The van der Waals surface area contributed by atoms with Crippen LogP contribution in [0.25, 0.3) is 0 Å². The molecule has 2 heterocycles. The molecule has 0 saturated carbocycles. The van der Waals surface area contributed by atoms with Crippen LogP contribution in [0, 0.1) is 0 Å². The summed E-state index contributed by atoms with van der Waals surface area (Å²) in [6, 6.07) is 0.149. The molecule has 0 aliphatic carbocycles. The van der Waals surface area contributed by atoms with Crippen LogP contribution in [0.4, 0.5) is 5.82 Å². The molecule has 118 valence electrons. The molecule has 2 rings (SSSR count). The predicted molar refractivity (Wildman–Crippen MR) is 83.7 cm³/mol. The lowest BCUT2D eigenvalue weighted by atomic mass is 10.1. The van der Waals surface area contributed by atoms with Crippen molar-refractivity contribution in [2.24, 2.45) is 5.73 Å². The maximum absolute atomic E-state index is 12.4. The van der Waals surface area contributed by atoms with Gasteiger partial charge in [0.05, 0.1) is 6.10 Å². The summed E-state index contributed by atoms with van der Waals surface area (Å²) in [5.74, 6) is 0.562.